The van der Waals surface area contributed by atoms with Crippen molar-refractivity contribution in [2.45, 2.75) is 0 Å². The van der Waals surface area contributed by atoms with Crippen LogP contribution in [0.2, 0.25) is 0 Å². The molecule has 1 fully saturated rings. The third-order valence-electron chi connectivity index (χ3n) is 3.27. The summed E-state index contributed by atoms with van der Waals surface area (Å²) in [6.07, 6.45) is 3.30. The molecule has 1 heterocycles. The smallest absolute Gasteiger partial charge is 0.276 e. The van der Waals surface area contributed by atoms with Crippen molar-refractivity contribution < 1.29 is 19.0 Å². The minimum absolute atomic E-state index is 0.205. The van der Waals surface area contributed by atoms with E-state index in [1.807, 2.05) is 0 Å². The highest BCUT2D eigenvalue weighted by atomic mass is 32.1. The van der Waals surface area contributed by atoms with Gasteiger partial charge in [0.05, 0.1) is 21.3 Å². The van der Waals surface area contributed by atoms with Crippen molar-refractivity contribution in [3.05, 3.63) is 36.0 Å². The molecule has 0 aliphatic carbocycles. The second kappa shape index (κ2) is 7.15. The van der Waals surface area contributed by atoms with Crippen LogP contribution in [0.3, 0.4) is 0 Å². The van der Waals surface area contributed by atoms with E-state index in [1.165, 1.54) is 26.2 Å². The molecular formula is C16H18N2O4S. The molecule has 2 rings (SSSR count). The second-order valence-corrected chi connectivity index (χ2v) is 5.04. The summed E-state index contributed by atoms with van der Waals surface area (Å²) in [7, 11) is 4.61. The zero-order valence-electron chi connectivity index (χ0n) is 13.2. The van der Waals surface area contributed by atoms with E-state index in [2.05, 4.69) is 11.9 Å². The molecule has 0 radical (unpaired) electrons. The molecule has 1 saturated heterocycles. The molecule has 23 heavy (non-hydrogen) atoms. The maximum absolute atomic E-state index is 12.3. The number of hydrogen-bond acceptors (Lipinski definition) is 5. The third-order valence-corrected chi connectivity index (χ3v) is 3.59. The highest BCUT2D eigenvalue weighted by Gasteiger charge is 2.29. The number of hydrogen-bond donors (Lipinski definition) is 1. The molecule has 1 amide bonds. The summed E-state index contributed by atoms with van der Waals surface area (Å²) in [5.41, 5.74) is 1.10. The fourth-order valence-corrected chi connectivity index (χ4v) is 2.49. The largest absolute Gasteiger partial charge is 0.493 e. The molecule has 0 spiro atoms. The van der Waals surface area contributed by atoms with Crippen LogP contribution in [0, 0.1) is 0 Å². The van der Waals surface area contributed by atoms with Crippen molar-refractivity contribution in [3.8, 4) is 17.2 Å². The summed E-state index contributed by atoms with van der Waals surface area (Å²) < 4.78 is 15.9. The van der Waals surface area contributed by atoms with Gasteiger partial charge in [0.25, 0.3) is 5.91 Å². The molecule has 0 aromatic heterocycles. The van der Waals surface area contributed by atoms with E-state index in [0.717, 1.165) is 5.56 Å². The van der Waals surface area contributed by atoms with Gasteiger partial charge >= 0.3 is 0 Å². The van der Waals surface area contributed by atoms with E-state index in [-0.39, 0.29) is 5.91 Å². The topological polar surface area (TPSA) is 60.0 Å². The maximum Gasteiger partial charge on any atom is 0.276 e. The Bertz CT molecular complexity index is 660. The lowest BCUT2D eigenvalue weighted by Gasteiger charge is -2.13. The number of nitrogens with zero attached hydrogens (tertiary/aromatic N) is 1. The molecule has 0 unspecified atom stereocenters. The molecule has 1 aromatic rings. The van der Waals surface area contributed by atoms with Gasteiger partial charge in [-0.3, -0.25) is 9.69 Å². The summed E-state index contributed by atoms with van der Waals surface area (Å²) >= 11 is 5.15. The van der Waals surface area contributed by atoms with Crippen molar-refractivity contribution in [2.75, 3.05) is 27.9 Å². The van der Waals surface area contributed by atoms with E-state index < -0.39 is 0 Å². The Balaban J connectivity index is 2.41. The summed E-state index contributed by atoms with van der Waals surface area (Å²) in [6, 6.07) is 3.51. The number of thiocarbonyl (C=S) groups is 1. The first-order valence-corrected chi connectivity index (χ1v) is 7.22. The van der Waals surface area contributed by atoms with Crippen molar-refractivity contribution >= 4 is 29.3 Å². The predicted octanol–water partition coefficient (Wildman–Crippen LogP) is 1.96. The molecule has 0 bridgehead atoms. The van der Waals surface area contributed by atoms with Crippen molar-refractivity contribution in [3.63, 3.8) is 0 Å². The molecule has 1 N–H and O–H groups in total. The fraction of sp³-hybridized carbons (Fsp3) is 0.250. The SMILES string of the molecule is C=CCN1C(=O)/C(=C\c2cc(OC)c(OC)c(OC)c2)NC1=S. The van der Waals surface area contributed by atoms with Crippen LogP contribution in [0.1, 0.15) is 5.56 Å². The van der Waals surface area contributed by atoms with Gasteiger partial charge in [-0.1, -0.05) is 6.08 Å². The van der Waals surface area contributed by atoms with Gasteiger partial charge < -0.3 is 19.5 Å². The first-order chi connectivity index (χ1) is 11.0. The summed E-state index contributed by atoms with van der Waals surface area (Å²) in [6.45, 7) is 3.98. The molecule has 0 atom stereocenters. The van der Waals surface area contributed by atoms with Gasteiger partial charge in [0, 0.05) is 6.54 Å². The minimum atomic E-state index is -0.205. The predicted molar refractivity (Wildman–Crippen MR) is 91.7 cm³/mol. The zero-order chi connectivity index (χ0) is 17.0. The highest BCUT2D eigenvalue weighted by molar-refractivity contribution is 7.80. The Labute approximate surface area is 140 Å². The van der Waals surface area contributed by atoms with E-state index in [9.17, 15) is 4.79 Å². The number of carbonyl (C=O) groups is 1. The van der Waals surface area contributed by atoms with Crippen LogP contribution in [0.15, 0.2) is 30.5 Å². The van der Waals surface area contributed by atoms with Crippen LogP contribution >= 0.6 is 12.2 Å². The first-order valence-electron chi connectivity index (χ1n) is 6.81. The lowest BCUT2D eigenvalue weighted by molar-refractivity contribution is -0.122. The Morgan fingerprint density at radius 3 is 2.30 bits per heavy atom. The molecule has 6 nitrogen and oxygen atoms in total. The van der Waals surface area contributed by atoms with Crippen molar-refractivity contribution in [1.29, 1.82) is 0 Å². The molecular weight excluding hydrogens is 316 g/mol. The van der Waals surface area contributed by atoms with E-state index in [1.54, 1.807) is 24.3 Å². The van der Waals surface area contributed by atoms with Crippen molar-refractivity contribution in [1.82, 2.24) is 10.2 Å². The Kier molecular flexibility index (Phi) is 5.23. The Morgan fingerprint density at radius 2 is 1.83 bits per heavy atom. The maximum atomic E-state index is 12.3. The monoisotopic (exact) mass is 334 g/mol. The lowest BCUT2D eigenvalue weighted by atomic mass is 10.1. The highest BCUT2D eigenvalue weighted by Crippen LogP contribution is 2.38. The van der Waals surface area contributed by atoms with E-state index in [4.69, 9.17) is 26.4 Å². The summed E-state index contributed by atoms with van der Waals surface area (Å²) in [5, 5.41) is 3.25. The molecule has 7 heteroatoms. The average Bonchev–Trinajstić information content (AvgIpc) is 2.81. The molecule has 1 aromatic carbocycles. The molecule has 1 aliphatic rings. The normalized spacial score (nSPS) is 15.6. The summed E-state index contributed by atoms with van der Waals surface area (Å²) in [5.74, 6) is 1.31. The number of methoxy groups -OCH3 is 3. The number of benzene rings is 1. The van der Waals surface area contributed by atoms with Gasteiger partial charge in [0.2, 0.25) is 5.75 Å². The van der Waals surface area contributed by atoms with E-state index >= 15 is 0 Å². The van der Waals surface area contributed by atoms with Crippen molar-refractivity contribution in [2.24, 2.45) is 0 Å². The van der Waals surface area contributed by atoms with Gasteiger partial charge in [-0.15, -0.1) is 6.58 Å². The van der Waals surface area contributed by atoms with Crippen LogP contribution < -0.4 is 19.5 Å². The minimum Gasteiger partial charge on any atom is -0.493 e. The lowest BCUT2D eigenvalue weighted by Crippen LogP contribution is -2.30. The fourth-order valence-electron chi connectivity index (χ4n) is 2.22. The van der Waals surface area contributed by atoms with Crippen LogP contribution in [0.4, 0.5) is 0 Å². The summed E-state index contributed by atoms with van der Waals surface area (Å²) in [4.78, 5) is 13.8. The van der Waals surface area contributed by atoms with Crippen LogP contribution in [-0.4, -0.2) is 43.8 Å². The molecule has 1 aliphatic heterocycles. The molecule has 122 valence electrons. The zero-order valence-corrected chi connectivity index (χ0v) is 14.0. The van der Waals surface area contributed by atoms with E-state index in [0.29, 0.717) is 34.6 Å². The second-order valence-electron chi connectivity index (χ2n) is 4.65. The Hall–Kier alpha value is -2.54. The van der Waals surface area contributed by atoms with Gasteiger partial charge in [0.15, 0.2) is 16.6 Å². The van der Waals surface area contributed by atoms with Gasteiger partial charge in [-0.05, 0) is 36.0 Å². The first kappa shape index (κ1) is 16.8. The average molecular weight is 334 g/mol. The molecule has 0 saturated carbocycles. The van der Waals surface area contributed by atoms with Crippen LogP contribution in [-0.2, 0) is 4.79 Å². The number of carbonyl (C=O) groups excluding carboxylic acids is 1. The third kappa shape index (κ3) is 3.29. The van der Waals surface area contributed by atoms with Crippen LogP contribution in [0.5, 0.6) is 17.2 Å². The van der Waals surface area contributed by atoms with Gasteiger partial charge in [-0.2, -0.15) is 0 Å². The number of rotatable bonds is 6. The Morgan fingerprint density at radius 1 is 1.22 bits per heavy atom. The van der Waals surface area contributed by atoms with Crippen LogP contribution in [0.25, 0.3) is 6.08 Å². The van der Waals surface area contributed by atoms with Gasteiger partial charge in [0.1, 0.15) is 5.70 Å². The quantitative estimate of drug-likeness (QED) is 0.487. The number of ether oxygens (including phenoxy) is 3. The standard InChI is InChI=1S/C16H18N2O4S/c1-5-6-18-15(19)11(17-16(18)23)7-10-8-12(20-2)14(22-4)13(9-10)21-3/h5,7-9H,1,6H2,2-4H3,(H,17,23)/b11-7+. The van der Waals surface area contributed by atoms with Gasteiger partial charge in [-0.25, -0.2) is 0 Å². The number of amides is 1. The number of nitrogens with one attached hydrogen (secondary N) is 1.